The molecule has 2 fully saturated rings. The fourth-order valence-electron chi connectivity index (χ4n) is 2.94. The molecule has 0 saturated carbocycles. The van der Waals surface area contributed by atoms with Crippen LogP contribution in [0.15, 0.2) is 24.4 Å². The molecule has 2 aliphatic heterocycles. The van der Waals surface area contributed by atoms with Crippen LogP contribution in [0.1, 0.15) is 0 Å². The minimum Gasteiger partial charge on any atom is -0.352 e. The third-order valence-electron chi connectivity index (χ3n) is 4.24. The standard InChI is InChI=1S/C15H17ClN4S/c16-11-1-2-13-14(7-11)17-8-15(18-13)20-9-12(10-20)19-3-5-21-6-4-19/h1-2,7-8,12H,3-6,9-10H2. The zero-order valence-electron chi connectivity index (χ0n) is 11.7. The van der Waals surface area contributed by atoms with Crippen LogP contribution in [0.2, 0.25) is 5.02 Å². The van der Waals surface area contributed by atoms with Crippen molar-refractivity contribution in [2.75, 3.05) is 42.6 Å². The fraction of sp³-hybridized carbons (Fsp3) is 0.467. The molecule has 1 aromatic carbocycles. The van der Waals surface area contributed by atoms with E-state index in [1.54, 1.807) is 0 Å². The topological polar surface area (TPSA) is 32.3 Å². The Balaban J connectivity index is 1.47. The lowest BCUT2D eigenvalue weighted by Crippen LogP contribution is -2.61. The summed E-state index contributed by atoms with van der Waals surface area (Å²) in [4.78, 5) is 14.1. The number of hydrogen-bond donors (Lipinski definition) is 0. The molecule has 0 aliphatic carbocycles. The van der Waals surface area contributed by atoms with Crippen LogP contribution in [0.3, 0.4) is 0 Å². The van der Waals surface area contributed by atoms with Gasteiger partial charge in [-0.15, -0.1) is 0 Å². The Morgan fingerprint density at radius 1 is 1.14 bits per heavy atom. The predicted octanol–water partition coefficient (Wildman–Crippen LogP) is 2.52. The van der Waals surface area contributed by atoms with E-state index in [9.17, 15) is 0 Å². The summed E-state index contributed by atoms with van der Waals surface area (Å²) >= 11 is 8.04. The molecule has 2 aliphatic rings. The molecule has 0 bridgehead atoms. The third-order valence-corrected chi connectivity index (χ3v) is 5.42. The van der Waals surface area contributed by atoms with Crippen molar-refractivity contribution in [2.24, 2.45) is 0 Å². The minimum atomic E-state index is 0.689. The van der Waals surface area contributed by atoms with Crippen LogP contribution in [0, 0.1) is 0 Å². The molecule has 0 amide bonds. The van der Waals surface area contributed by atoms with Gasteiger partial charge >= 0.3 is 0 Å². The first-order valence-corrected chi connectivity index (χ1v) is 8.82. The Morgan fingerprint density at radius 2 is 1.95 bits per heavy atom. The minimum absolute atomic E-state index is 0.689. The average molecular weight is 321 g/mol. The zero-order valence-corrected chi connectivity index (χ0v) is 13.3. The first-order valence-electron chi connectivity index (χ1n) is 7.29. The average Bonchev–Trinajstić information content (AvgIpc) is 2.47. The van der Waals surface area contributed by atoms with E-state index < -0.39 is 0 Å². The number of hydrogen-bond acceptors (Lipinski definition) is 5. The molecule has 4 nitrogen and oxygen atoms in total. The largest absolute Gasteiger partial charge is 0.352 e. The van der Waals surface area contributed by atoms with Gasteiger partial charge < -0.3 is 4.90 Å². The van der Waals surface area contributed by atoms with E-state index in [0.717, 1.165) is 29.9 Å². The summed E-state index contributed by atoms with van der Waals surface area (Å²) in [6, 6.07) is 6.35. The Labute approximate surface area is 133 Å². The molecule has 1 aromatic heterocycles. The van der Waals surface area contributed by atoms with Gasteiger partial charge in [-0.3, -0.25) is 9.88 Å². The summed E-state index contributed by atoms with van der Waals surface area (Å²) in [7, 11) is 0. The predicted molar refractivity (Wildman–Crippen MR) is 89.4 cm³/mol. The van der Waals surface area contributed by atoms with Crippen LogP contribution >= 0.6 is 23.4 Å². The Kier molecular flexibility index (Phi) is 3.65. The highest BCUT2D eigenvalue weighted by atomic mass is 35.5. The van der Waals surface area contributed by atoms with Gasteiger partial charge in [-0.2, -0.15) is 11.8 Å². The van der Waals surface area contributed by atoms with E-state index in [1.165, 1.54) is 24.6 Å². The Morgan fingerprint density at radius 3 is 2.76 bits per heavy atom. The molecule has 4 rings (SSSR count). The number of anilines is 1. The van der Waals surface area contributed by atoms with Gasteiger partial charge in [0.25, 0.3) is 0 Å². The quantitative estimate of drug-likeness (QED) is 0.849. The summed E-state index contributed by atoms with van der Waals surface area (Å²) in [6.45, 7) is 4.59. The van der Waals surface area contributed by atoms with Crippen LogP contribution in [0.4, 0.5) is 5.82 Å². The van der Waals surface area contributed by atoms with Gasteiger partial charge in [0.2, 0.25) is 0 Å². The van der Waals surface area contributed by atoms with Crippen LogP contribution in [0.5, 0.6) is 0 Å². The molecule has 0 spiro atoms. The van der Waals surface area contributed by atoms with Crippen LogP contribution in [-0.2, 0) is 0 Å². The van der Waals surface area contributed by atoms with Gasteiger partial charge in [0.05, 0.1) is 17.2 Å². The van der Waals surface area contributed by atoms with Crippen molar-refractivity contribution in [3.8, 4) is 0 Å². The lowest BCUT2D eigenvalue weighted by Gasteiger charge is -2.47. The Bertz CT molecular complexity index is 653. The zero-order chi connectivity index (χ0) is 14.2. The molecule has 21 heavy (non-hydrogen) atoms. The highest BCUT2D eigenvalue weighted by molar-refractivity contribution is 7.99. The second-order valence-electron chi connectivity index (χ2n) is 5.57. The number of benzene rings is 1. The van der Waals surface area contributed by atoms with Crippen LogP contribution in [0.25, 0.3) is 11.0 Å². The third kappa shape index (κ3) is 2.70. The summed E-state index contributed by atoms with van der Waals surface area (Å²) in [5, 5.41) is 0.705. The molecule has 110 valence electrons. The number of aromatic nitrogens is 2. The highest BCUT2D eigenvalue weighted by Gasteiger charge is 2.33. The molecule has 6 heteroatoms. The first kappa shape index (κ1) is 13.6. The van der Waals surface area contributed by atoms with Crippen molar-refractivity contribution < 1.29 is 0 Å². The van der Waals surface area contributed by atoms with Crippen molar-refractivity contribution >= 4 is 40.2 Å². The highest BCUT2D eigenvalue weighted by Crippen LogP contribution is 2.25. The maximum atomic E-state index is 5.98. The van der Waals surface area contributed by atoms with E-state index in [0.29, 0.717) is 11.1 Å². The SMILES string of the molecule is Clc1ccc2nc(N3CC(N4CCSCC4)C3)cnc2c1. The summed E-state index contributed by atoms with van der Waals surface area (Å²) in [5.41, 5.74) is 1.77. The van der Waals surface area contributed by atoms with E-state index in [4.69, 9.17) is 16.6 Å². The van der Waals surface area contributed by atoms with Crippen molar-refractivity contribution in [3.63, 3.8) is 0 Å². The maximum absolute atomic E-state index is 5.98. The molecule has 0 N–H and O–H groups in total. The molecule has 2 aromatic rings. The van der Waals surface area contributed by atoms with Gasteiger partial charge in [0.1, 0.15) is 5.82 Å². The van der Waals surface area contributed by atoms with E-state index >= 15 is 0 Å². The molecule has 0 atom stereocenters. The van der Waals surface area contributed by atoms with Crippen LogP contribution < -0.4 is 4.90 Å². The van der Waals surface area contributed by atoms with E-state index in [-0.39, 0.29) is 0 Å². The first-order chi connectivity index (χ1) is 10.3. The monoisotopic (exact) mass is 320 g/mol. The normalized spacial score (nSPS) is 20.7. The van der Waals surface area contributed by atoms with Crippen molar-refractivity contribution in [1.29, 1.82) is 0 Å². The molecule has 0 radical (unpaired) electrons. The maximum Gasteiger partial charge on any atom is 0.147 e. The van der Waals surface area contributed by atoms with Gasteiger partial charge in [-0.05, 0) is 18.2 Å². The number of thioether (sulfide) groups is 1. The van der Waals surface area contributed by atoms with Crippen molar-refractivity contribution in [3.05, 3.63) is 29.4 Å². The van der Waals surface area contributed by atoms with Gasteiger partial charge in [0.15, 0.2) is 0 Å². The second kappa shape index (κ2) is 5.63. The molecular weight excluding hydrogens is 304 g/mol. The Hall–Kier alpha value is -1.04. The van der Waals surface area contributed by atoms with Crippen molar-refractivity contribution in [2.45, 2.75) is 6.04 Å². The number of nitrogens with zero attached hydrogens (tertiary/aromatic N) is 4. The number of fused-ring (bicyclic) bond motifs is 1. The lowest BCUT2D eigenvalue weighted by molar-refractivity contribution is 0.182. The fourth-order valence-corrected chi connectivity index (χ4v) is 4.04. The molecule has 2 saturated heterocycles. The van der Waals surface area contributed by atoms with Crippen LogP contribution in [-0.4, -0.2) is 58.6 Å². The number of rotatable bonds is 2. The van der Waals surface area contributed by atoms with E-state index in [1.807, 2.05) is 24.4 Å². The lowest BCUT2D eigenvalue weighted by atomic mass is 10.1. The number of halogens is 1. The molecule has 3 heterocycles. The smallest absolute Gasteiger partial charge is 0.147 e. The van der Waals surface area contributed by atoms with Gasteiger partial charge in [-0.25, -0.2) is 4.98 Å². The van der Waals surface area contributed by atoms with Crippen molar-refractivity contribution in [1.82, 2.24) is 14.9 Å². The second-order valence-corrected chi connectivity index (χ2v) is 7.23. The molecule has 0 unspecified atom stereocenters. The summed E-state index contributed by atoms with van der Waals surface area (Å²) in [6.07, 6.45) is 1.86. The summed E-state index contributed by atoms with van der Waals surface area (Å²) < 4.78 is 0. The molecular formula is C15H17ClN4S. The van der Waals surface area contributed by atoms with Gasteiger partial charge in [0, 0.05) is 48.7 Å². The summed E-state index contributed by atoms with van der Waals surface area (Å²) in [5.74, 6) is 3.52. The van der Waals surface area contributed by atoms with E-state index in [2.05, 4.69) is 26.5 Å². The van der Waals surface area contributed by atoms with Gasteiger partial charge in [-0.1, -0.05) is 11.6 Å².